The molecule has 0 saturated heterocycles. The number of aromatic amines is 1. The smallest absolute Gasteiger partial charge is 0.284 e. The van der Waals surface area contributed by atoms with E-state index in [-0.39, 0.29) is 94.6 Å². The molecular weight excluding hydrogens is 1930 g/mol. The Balaban J connectivity index is 0.000000138. The van der Waals surface area contributed by atoms with E-state index in [0.29, 0.717) is 40.4 Å². The van der Waals surface area contributed by atoms with E-state index in [2.05, 4.69) is 137 Å². The molecule has 18 rings (SSSR count). The van der Waals surface area contributed by atoms with Crippen LogP contribution in [0.1, 0.15) is 46.6 Å². The van der Waals surface area contributed by atoms with Gasteiger partial charge in [0.15, 0.2) is 5.82 Å². The van der Waals surface area contributed by atoms with Gasteiger partial charge >= 0.3 is 0 Å². The van der Waals surface area contributed by atoms with Crippen molar-refractivity contribution in [3.63, 3.8) is 0 Å². The summed E-state index contributed by atoms with van der Waals surface area (Å²) >= 11 is 5.21. The van der Waals surface area contributed by atoms with Crippen molar-refractivity contribution in [2.45, 2.75) is 41.0 Å². The van der Waals surface area contributed by atoms with Crippen molar-refractivity contribution < 1.29 is 80.1 Å². The van der Waals surface area contributed by atoms with Gasteiger partial charge in [-0.1, -0.05) is 191 Å². The molecule has 108 heavy (non-hydrogen) atoms. The Labute approximate surface area is 678 Å². The third-order valence-electron chi connectivity index (χ3n) is 16.3. The summed E-state index contributed by atoms with van der Waals surface area (Å²) in [5.41, 5.74) is 9.43. The molecule has 3 radical (unpaired) electrons. The number of hydrogen-bond acceptors (Lipinski definition) is 14. The number of carbonyl (C=O) groups excluding carboxylic acids is 2. The number of hydrazone groups is 2. The molecule has 8 aromatic carbocycles. The molecule has 16 aromatic rings. The van der Waals surface area contributed by atoms with Gasteiger partial charge in [0.25, 0.3) is 11.8 Å². The first-order valence-electron chi connectivity index (χ1n) is 33.8. The van der Waals surface area contributed by atoms with E-state index in [0.717, 1.165) is 59.7 Å². The second-order valence-electron chi connectivity index (χ2n) is 25.2. The number of pyridine rings is 4. The maximum Gasteiger partial charge on any atom is 0.284 e. The zero-order chi connectivity index (χ0) is 72.7. The number of nitrogens with one attached hydrogen (secondary N) is 1. The minimum absolute atomic E-state index is 0. The van der Waals surface area contributed by atoms with Crippen LogP contribution in [0.25, 0.3) is 101 Å². The number of amides is 2. The maximum atomic E-state index is 12.5. The molecule has 0 atom stereocenters. The van der Waals surface area contributed by atoms with Crippen LogP contribution in [0.4, 0.5) is 11.4 Å². The van der Waals surface area contributed by atoms with E-state index in [1.165, 1.54) is 45.7 Å². The molecule has 3 N–H and O–H groups in total. The molecule has 10 heterocycles. The number of H-pyrrole nitrogens is 1. The van der Waals surface area contributed by atoms with Crippen molar-refractivity contribution in [2.24, 2.45) is 15.6 Å². The summed E-state index contributed by atoms with van der Waals surface area (Å²) in [5.74, 6) is 0.301. The monoisotopic (exact) mass is 2000 g/mol. The summed E-state index contributed by atoms with van der Waals surface area (Å²) in [5, 5.41) is 37.7. The Hall–Kier alpha value is -10.7. The van der Waals surface area contributed by atoms with Gasteiger partial charge < -0.3 is 30.1 Å². The van der Waals surface area contributed by atoms with E-state index in [1.54, 1.807) is 78.3 Å². The number of aliphatic hydroxyl groups is 2. The van der Waals surface area contributed by atoms with Crippen LogP contribution in [0.2, 0.25) is 0 Å². The molecular formula is C88H69Ir3N10O4S3-3. The average molecular weight is 2000 g/mol. The molecule has 2 aliphatic rings. The van der Waals surface area contributed by atoms with Crippen LogP contribution in [-0.4, -0.2) is 63.4 Å². The van der Waals surface area contributed by atoms with E-state index < -0.39 is 0 Å². The van der Waals surface area contributed by atoms with Crippen LogP contribution in [0.5, 0.6) is 0 Å². The summed E-state index contributed by atoms with van der Waals surface area (Å²) in [7, 11) is 0. The molecule has 2 amide bonds. The molecule has 0 bridgehead atoms. The van der Waals surface area contributed by atoms with Crippen molar-refractivity contribution in [3.8, 4) is 43.2 Å². The summed E-state index contributed by atoms with van der Waals surface area (Å²) in [6.45, 7) is 9.52. The van der Waals surface area contributed by atoms with Crippen LogP contribution in [-0.2, 0) is 69.9 Å². The Kier molecular flexibility index (Phi) is 27.9. The van der Waals surface area contributed by atoms with Gasteiger partial charge in [-0.15, -0.1) is 70.8 Å². The van der Waals surface area contributed by atoms with Crippen LogP contribution in [0.15, 0.2) is 325 Å². The number of rotatable bonds is 8. The van der Waals surface area contributed by atoms with E-state index >= 15 is 0 Å². The molecule has 14 nitrogen and oxygen atoms in total. The standard InChI is InChI=1S/C17H14N2O2.C17H10NS.C16H20N2O2.2C13H8NS.C12H9N3.3Ir/c1-12-15(16(20)13-8-4-2-5-9-13)17(21)19(18-12)14-10-6-3-7-11-14;1-3-7-14-12(5-1)9-10-18-17(14)16-11-13-6-2-4-8-15(13)19-16;1-11-14(13(19)10-16(2,3)4)15(20)18(17-11)12-8-6-5-7-9-12;2*1-2-7-12-10(5-1)9-13(15-12)11-6-3-4-8-14-11;1-2-6-10-9(5-1)14-12(15-10)11-7-3-4-8-13-11;;;/h2-11,20H,1H3;1-10H;5-9,19H,10H2,1-4H3;2*1-8H;1-8H,(H,14,15);;;/q;-1;;2*-1;;;;. The number of thiophene rings is 3. The van der Waals surface area contributed by atoms with E-state index in [9.17, 15) is 19.8 Å². The normalized spacial score (nSPS) is 13.1. The third kappa shape index (κ3) is 19.7. The third-order valence-corrected chi connectivity index (χ3v) is 19.6. The second-order valence-corrected chi connectivity index (χ2v) is 28.4. The van der Waals surface area contributed by atoms with Gasteiger partial charge in [-0.3, -0.25) is 14.6 Å². The quantitative estimate of drug-likeness (QED) is 0.0756. The van der Waals surface area contributed by atoms with Crippen molar-refractivity contribution in [2.75, 3.05) is 10.0 Å². The molecule has 8 aromatic heterocycles. The van der Waals surface area contributed by atoms with Crippen molar-refractivity contribution in [1.82, 2.24) is 29.9 Å². The number of fused-ring (bicyclic) bond motifs is 5. The minimum Gasteiger partial charge on any atom is -0.511 e. The predicted octanol–water partition coefficient (Wildman–Crippen LogP) is 22.1. The fraction of sp³-hybridized carbons (Fsp3) is 0.0795. The fourth-order valence-electron chi connectivity index (χ4n) is 11.4. The van der Waals surface area contributed by atoms with Gasteiger partial charge in [-0.25, -0.2) is 39.0 Å². The first-order valence-corrected chi connectivity index (χ1v) is 36.2. The first-order chi connectivity index (χ1) is 51.2. The van der Waals surface area contributed by atoms with Gasteiger partial charge in [0, 0.05) is 114 Å². The van der Waals surface area contributed by atoms with Gasteiger partial charge in [0.05, 0.1) is 33.8 Å². The number of benzene rings is 8. The summed E-state index contributed by atoms with van der Waals surface area (Å²) in [6, 6.07) is 98.5. The Morgan fingerprint density at radius 3 is 1.34 bits per heavy atom. The largest absolute Gasteiger partial charge is 0.511 e. The van der Waals surface area contributed by atoms with Crippen molar-refractivity contribution >= 4 is 126 Å². The van der Waals surface area contributed by atoms with Gasteiger partial charge in [-0.2, -0.15) is 20.2 Å². The molecule has 20 heteroatoms. The number of aromatic nitrogens is 6. The Bertz CT molecular complexity index is 5420. The van der Waals surface area contributed by atoms with Gasteiger partial charge in [0.2, 0.25) is 0 Å². The minimum atomic E-state index is -0.319. The number of nitrogens with zero attached hydrogens (tertiary/aromatic N) is 9. The number of carbonyl (C=O) groups is 2. The first kappa shape index (κ1) is 79.8. The van der Waals surface area contributed by atoms with Crippen molar-refractivity contribution in [1.29, 1.82) is 0 Å². The maximum absolute atomic E-state index is 12.5. The molecule has 0 aliphatic carbocycles. The topological polar surface area (TPSA) is 186 Å². The molecule has 2 aliphatic heterocycles. The fourth-order valence-corrected chi connectivity index (χ4v) is 14.4. The Morgan fingerprint density at radius 2 is 0.852 bits per heavy atom. The van der Waals surface area contributed by atoms with Crippen LogP contribution >= 0.6 is 34.0 Å². The molecule has 0 spiro atoms. The number of allylic oxidation sites excluding steroid dienone is 1. The number of anilines is 2. The zero-order valence-electron chi connectivity index (χ0n) is 59.0. The number of para-hydroxylation sites is 4. The predicted molar refractivity (Wildman–Crippen MR) is 432 cm³/mol. The second kappa shape index (κ2) is 37.7. The van der Waals surface area contributed by atoms with Gasteiger partial charge in [0.1, 0.15) is 28.4 Å². The van der Waals surface area contributed by atoms with Crippen LogP contribution < -0.4 is 10.0 Å². The average Bonchev–Trinajstić information content (AvgIpc) is 1.65. The summed E-state index contributed by atoms with van der Waals surface area (Å²) in [6.07, 6.45) is 7.71. The summed E-state index contributed by atoms with van der Waals surface area (Å²) < 4.78 is 3.78. The Morgan fingerprint density at radius 1 is 0.435 bits per heavy atom. The van der Waals surface area contributed by atoms with Gasteiger partial charge in [-0.05, 0) is 125 Å². The molecule has 0 unspecified atom stereocenters. The van der Waals surface area contributed by atoms with E-state index in [1.807, 2.05) is 209 Å². The molecule has 0 fully saturated rings. The van der Waals surface area contributed by atoms with Crippen LogP contribution in [0, 0.1) is 23.6 Å². The van der Waals surface area contributed by atoms with Crippen molar-refractivity contribution in [3.05, 3.63) is 338 Å². The number of aliphatic hydroxyl groups excluding tert-OH is 2. The number of hydrogen-bond donors (Lipinski definition) is 3. The summed E-state index contributed by atoms with van der Waals surface area (Å²) in [4.78, 5) is 53.4. The SMILES string of the molecule is CC1=NN(c2ccccc2)C(=O)C1=C(O)CC(C)(C)C.CC1=NN(c2ccccc2)C(=O)C1=C(O)c1ccccc1.[Ir].[Ir].[Ir].[c-]1c(-c2ccccn2)sc2ccccc12.[c-]1c(-c2ccccn2)sc2ccccc12.[c-]1c(-c2nccc3ccccc23)sc2ccccc12.c1ccc(-c2nc3ccccc3[nH]2)nc1. The molecule has 543 valence electrons. The van der Waals surface area contributed by atoms with Crippen LogP contribution in [0.3, 0.4) is 0 Å². The number of imidazole rings is 1. The molecule has 0 saturated carbocycles. The van der Waals surface area contributed by atoms with E-state index in [4.69, 9.17) is 0 Å². The zero-order valence-corrected chi connectivity index (χ0v) is 68.6.